The van der Waals surface area contributed by atoms with Crippen LogP contribution in [-0.2, 0) is 9.59 Å². The molecule has 6 heteroatoms. The number of carbonyl (C=O) groups excluding carboxylic acids is 2. The molecule has 0 spiro atoms. The van der Waals surface area contributed by atoms with E-state index in [1.165, 1.54) is 6.92 Å². The summed E-state index contributed by atoms with van der Waals surface area (Å²) in [6.07, 6.45) is 1.00. The van der Waals surface area contributed by atoms with E-state index in [1.54, 1.807) is 36.2 Å². The lowest BCUT2D eigenvalue weighted by molar-refractivity contribution is -0.116. The first-order valence-electron chi connectivity index (χ1n) is 9.46. The molecule has 2 N–H and O–H groups in total. The Balaban J connectivity index is 1.83. The van der Waals surface area contributed by atoms with Gasteiger partial charge in [-0.3, -0.25) is 9.59 Å². The Morgan fingerprint density at radius 1 is 1.07 bits per heavy atom. The molecule has 0 aliphatic heterocycles. The fourth-order valence-electron chi connectivity index (χ4n) is 2.45. The average Bonchev–Trinajstić information content (AvgIpc) is 2.66. The summed E-state index contributed by atoms with van der Waals surface area (Å²) in [6.45, 7) is 6.65. The molecule has 0 atom stereocenters. The van der Waals surface area contributed by atoms with Crippen LogP contribution in [0.5, 0.6) is 5.75 Å². The molecule has 0 aliphatic carbocycles. The second-order valence-electron chi connectivity index (χ2n) is 7.09. The lowest BCUT2D eigenvalue weighted by Crippen LogP contribution is -2.23. The highest BCUT2D eigenvalue weighted by Crippen LogP contribution is 2.19. The predicted octanol–water partition coefficient (Wildman–Crippen LogP) is 4.14. The molecule has 150 valence electrons. The van der Waals surface area contributed by atoms with Gasteiger partial charge in [-0.15, -0.1) is 0 Å². The molecule has 2 rings (SSSR count). The highest BCUT2D eigenvalue weighted by atomic mass is 16.5. The van der Waals surface area contributed by atoms with Crippen molar-refractivity contribution in [1.82, 2.24) is 0 Å². The highest BCUT2D eigenvalue weighted by molar-refractivity contribution is 5.95. The largest absolute Gasteiger partial charge is 0.494 e. The van der Waals surface area contributed by atoms with E-state index in [1.807, 2.05) is 24.3 Å². The fourth-order valence-corrected chi connectivity index (χ4v) is 2.45. The number of hydrogen-bond donors (Lipinski definition) is 2. The van der Waals surface area contributed by atoms with Gasteiger partial charge in [-0.1, -0.05) is 19.9 Å². The molecule has 0 bridgehead atoms. The molecule has 28 heavy (non-hydrogen) atoms. The number of hydrogen-bond acceptors (Lipinski definition) is 4. The molecule has 0 heterocycles. The number of benzene rings is 2. The molecule has 2 aromatic carbocycles. The maximum atomic E-state index is 12.2. The van der Waals surface area contributed by atoms with E-state index in [-0.39, 0.29) is 18.4 Å². The second-order valence-corrected chi connectivity index (χ2v) is 7.09. The van der Waals surface area contributed by atoms with Crippen LogP contribution in [0.1, 0.15) is 27.2 Å². The van der Waals surface area contributed by atoms with E-state index in [2.05, 4.69) is 24.5 Å². The number of carbonyl (C=O) groups is 2. The molecule has 0 aromatic heterocycles. The molecule has 6 nitrogen and oxygen atoms in total. The van der Waals surface area contributed by atoms with Crippen LogP contribution in [0.25, 0.3) is 0 Å². The van der Waals surface area contributed by atoms with E-state index in [9.17, 15) is 9.59 Å². The van der Waals surface area contributed by atoms with Crippen LogP contribution in [0.3, 0.4) is 0 Å². The standard InChI is InChI=1S/C22H29N3O3/c1-16(2)12-13-28-21-7-5-6-19(14-21)23-15-22(27)24-18-8-10-20(11-9-18)25(4)17(3)26/h5-11,14,16,23H,12-13,15H2,1-4H3,(H,24,27). The second kappa shape index (κ2) is 10.3. The molecule has 0 aliphatic rings. The van der Waals surface area contributed by atoms with Crippen molar-refractivity contribution in [3.8, 4) is 5.75 Å². The zero-order valence-electron chi connectivity index (χ0n) is 17.0. The zero-order valence-corrected chi connectivity index (χ0v) is 17.0. The van der Waals surface area contributed by atoms with Crippen molar-refractivity contribution in [1.29, 1.82) is 0 Å². The monoisotopic (exact) mass is 383 g/mol. The van der Waals surface area contributed by atoms with Crippen molar-refractivity contribution in [2.24, 2.45) is 5.92 Å². The van der Waals surface area contributed by atoms with Crippen molar-refractivity contribution in [3.63, 3.8) is 0 Å². The minimum absolute atomic E-state index is 0.0450. The Kier molecular flexibility index (Phi) is 7.87. The van der Waals surface area contributed by atoms with Gasteiger partial charge in [0.2, 0.25) is 11.8 Å². The predicted molar refractivity (Wildman–Crippen MR) is 114 cm³/mol. The molecular formula is C22H29N3O3. The minimum atomic E-state index is -0.154. The lowest BCUT2D eigenvalue weighted by atomic mass is 10.1. The van der Waals surface area contributed by atoms with Gasteiger partial charge in [0.05, 0.1) is 13.2 Å². The van der Waals surface area contributed by atoms with Gasteiger partial charge < -0.3 is 20.3 Å². The lowest BCUT2D eigenvalue weighted by Gasteiger charge is -2.15. The van der Waals surface area contributed by atoms with Gasteiger partial charge in [0.1, 0.15) is 5.75 Å². The summed E-state index contributed by atoms with van der Waals surface area (Å²) in [5.41, 5.74) is 2.28. The Labute approximate surface area is 166 Å². The van der Waals surface area contributed by atoms with Crippen molar-refractivity contribution >= 4 is 28.9 Å². The molecule has 2 aromatic rings. The van der Waals surface area contributed by atoms with Crippen LogP contribution in [-0.4, -0.2) is 32.0 Å². The Hall–Kier alpha value is -3.02. The van der Waals surface area contributed by atoms with Gasteiger partial charge in [0, 0.05) is 37.1 Å². The third-order valence-corrected chi connectivity index (χ3v) is 4.26. The normalized spacial score (nSPS) is 10.5. The molecule has 0 saturated carbocycles. The summed E-state index contributed by atoms with van der Waals surface area (Å²) < 4.78 is 5.74. The van der Waals surface area contributed by atoms with E-state index in [4.69, 9.17) is 4.74 Å². The third kappa shape index (κ3) is 6.95. The molecule has 0 fully saturated rings. The maximum Gasteiger partial charge on any atom is 0.243 e. The van der Waals surface area contributed by atoms with Gasteiger partial charge in [-0.2, -0.15) is 0 Å². The van der Waals surface area contributed by atoms with Crippen LogP contribution in [0.2, 0.25) is 0 Å². The van der Waals surface area contributed by atoms with E-state index in [0.717, 1.165) is 23.5 Å². The topological polar surface area (TPSA) is 70.7 Å². The van der Waals surface area contributed by atoms with Gasteiger partial charge in [-0.25, -0.2) is 0 Å². The number of rotatable bonds is 9. The van der Waals surface area contributed by atoms with Gasteiger partial charge >= 0.3 is 0 Å². The van der Waals surface area contributed by atoms with Crippen LogP contribution < -0.4 is 20.3 Å². The van der Waals surface area contributed by atoms with E-state index in [0.29, 0.717) is 18.2 Å². The summed E-state index contributed by atoms with van der Waals surface area (Å²) in [5.74, 6) is 1.19. The third-order valence-electron chi connectivity index (χ3n) is 4.26. The molecular weight excluding hydrogens is 354 g/mol. The van der Waals surface area contributed by atoms with Crippen molar-refractivity contribution in [2.75, 3.05) is 35.7 Å². The fraction of sp³-hybridized carbons (Fsp3) is 0.364. The smallest absolute Gasteiger partial charge is 0.243 e. The Morgan fingerprint density at radius 3 is 2.43 bits per heavy atom. The van der Waals surface area contributed by atoms with Crippen LogP contribution in [0.4, 0.5) is 17.1 Å². The number of ether oxygens (including phenoxy) is 1. The van der Waals surface area contributed by atoms with Gasteiger partial charge in [-0.05, 0) is 48.7 Å². The first-order chi connectivity index (χ1) is 13.3. The van der Waals surface area contributed by atoms with Crippen molar-refractivity contribution < 1.29 is 14.3 Å². The van der Waals surface area contributed by atoms with Crippen LogP contribution in [0, 0.1) is 5.92 Å². The first kappa shape index (κ1) is 21.3. The number of nitrogens with zero attached hydrogens (tertiary/aromatic N) is 1. The zero-order chi connectivity index (χ0) is 20.5. The van der Waals surface area contributed by atoms with Crippen molar-refractivity contribution in [2.45, 2.75) is 27.2 Å². The summed E-state index contributed by atoms with van der Waals surface area (Å²) in [6, 6.07) is 14.7. The van der Waals surface area contributed by atoms with Crippen LogP contribution >= 0.6 is 0 Å². The average molecular weight is 383 g/mol. The van der Waals surface area contributed by atoms with Crippen LogP contribution in [0.15, 0.2) is 48.5 Å². The van der Waals surface area contributed by atoms with Crippen molar-refractivity contribution in [3.05, 3.63) is 48.5 Å². The summed E-state index contributed by atoms with van der Waals surface area (Å²) >= 11 is 0. The highest BCUT2D eigenvalue weighted by Gasteiger charge is 2.07. The summed E-state index contributed by atoms with van der Waals surface area (Å²) in [7, 11) is 1.71. The minimum Gasteiger partial charge on any atom is -0.494 e. The SMILES string of the molecule is CC(=O)N(C)c1ccc(NC(=O)CNc2cccc(OCCC(C)C)c2)cc1. The molecule has 0 saturated heterocycles. The molecule has 0 unspecified atom stereocenters. The number of nitrogens with one attached hydrogen (secondary N) is 2. The Bertz CT molecular complexity index is 788. The maximum absolute atomic E-state index is 12.2. The van der Waals surface area contributed by atoms with Gasteiger partial charge in [0.25, 0.3) is 0 Å². The number of anilines is 3. The van der Waals surface area contributed by atoms with E-state index < -0.39 is 0 Å². The van der Waals surface area contributed by atoms with Gasteiger partial charge in [0.15, 0.2) is 0 Å². The molecule has 0 radical (unpaired) electrons. The Morgan fingerprint density at radius 2 is 1.79 bits per heavy atom. The summed E-state index contributed by atoms with van der Waals surface area (Å²) in [4.78, 5) is 25.1. The summed E-state index contributed by atoms with van der Waals surface area (Å²) in [5, 5.41) is 5.94. The number of amides is 2. The van der Waals surface area contributed by atoms with E-state index >= 15 is 0 Å². The molecule has 2 amide bonds. The quantitative estimate of drug-likeness (QED) is 0.683. The first-order valence-corrected chi connectivity index (χ1v) is 9.46.